The Bertz CT molecular complexity index is 725. The Morgan fingerprint density at radius 1 is 1.37 bits per heavy atom. The third-order valence-corrected chi connectivity index (χ3v) is 4.33. The molecular weight excluding hydrogens is 290 g/mol. The van der Waals surface area contributed by atoms with Crippen molar-refractivity contribution in [3.05, 3.63) is 34.5 Å². The molecule has 1 heterocycles. The number of aryl methyl sites for hydroxylation is 1. The van der Waals surface area contributed by atoms with Gasteiger partial charge in [0.05, 0.1) is 21.3 Å². The van der Waals surface area contributed by atoms with Crippen LogP contribution in [0.25, 0.3) is 0 Å². The summed E-state index contributed by atoms with van der Waals surface area (Å²) in [5, 5.41) is 3.97. The van der Waals surface area contributed by atoms with Crippen LogP contribution in [0.15, 0.2) is 27.6 Å². The molecule has 0 atom stereocenters. The minimum absolute atomic E-state index is 0.00264. The van der Waals surface area contributed by atoms with Crippen molar-refractivity contribution in [3.63, 3.8) is 0 Å². The normalized spacial score (nSPS) is 11.5. The average molecular weight is 302 g/mol. The molecular formula is C11H12ClN3O3S. The fourth-order valence-corrected chi connectivity index (χ4v) is 2.58. The molecule has 0 aliphatic carbocycles. The minimum atomic E-state index is -3.78. The molecule has 0 amide bonds. The zero-order chi connectivity index (χ0) is 14.2. The molecule has 6 nitrogen and oxygen atoms in total. The Labute approximate surface area is 115 Å². The van der Waals surface area contributed by atoms with E-state index in [0.29, 0.717) is 16.3 Å². The summed E-state index contributed by atoms with van der Waals surface area (Å²) >= 11 is 5.75. The SMILES string of the molecule is Cc1noc(NS(=O)(=O)c2ccc(Cl)c(N)c2)c1C. The van der Waals surface area contributed by atoms with E-state index in [-0.39, 0.29) is 16.5 Å². The lowest BCUT2D eigenvalue weighted by Gasteiger charge is -2.07. The lowest BCUT2D eigenvalue weighted by Crippen LogP contribution is -2.13. The van der Waals surface area contributed by atoms with Gasteiger partial charge in [0.15, 0.2) is 0 Å². The molecule has 2 aromatic rings. The maximum atomic E-state index is 12.1. The molecule has 19 heavy (non-hydrogen) atoms. The van der Waals surface area contributed by atoms with E-state index in [0.717, 1.165) is 0 Å². The van der Waals surface area contributed by atoms with Gasteiger partial charge >= 0.3 is 0 Å². The second kappa shape index (κ2) is 4.75. The van der Waals surface area contributed by atoms with Crippen molar-refractivity contribution in [3.8, 4) is 0 Å². The number of nitrogen functional groups attached to an aromatic ring is 1. The minimum Gasteiger partial charge on any atom is -0.397 e. The Morgan fingerprint density at radius 3 is 2.58 bits per heavy atom. The van der Waals surface area contributed by atoms with Crippen LogP contribution in [0.1, 0.15) is 11.3 Å². The largest absolute Gasteiger partial charge is 0.397 e. The van der Waals surface area contributed by atoms with Crippen LogP contribution >= 0.6 is 11.6 Å². The number of sulfonamides is 1. The molecule has 0 spiro atoms. The Kier molecular flexibility index (Phi) is 3.42. The molecule has 102 valence electrons. The first-order chi connectivity index (χ1) is 8.81. The van der Waals surface area contributed by atoms with E-state index in [2.05, 4.69) is 9.88 Å². The highest BCUT2D eigenvalue weighted by molar-refractivity contribution is 7.92. The molecule has 3 N–H and O–H groups in total. The molecule has 0 aliphatic rings. The molecule has 8 heteroatoms. The highest BCUT2D eigenvalue weighted by Crippen LogP contribution is 2.25. The smallest absolute Gasteiger partial charge is 0.264 e. The van der Waals surface area contributed by atoms with Crippen LogP contribution in [0, 0.1) is 13.8 Å². The summed E-state index contributed by atoms with van der Waals surface area (Å²) in [4.78, 5) is 0.00264. The summed E-state index contributed by atoms with van der Waals surface area (Å²) in [6.45, 7) is 3.43. The van der Waals surface area contributed by atoms with Gasteiger partial charge in [0, 0.05) is 5.56 Å². The van der Waals surface area contributed by atoms with Crippen molar-refractivity contribution in [2.45, 2.75) is 18.7 Å². The van der Waals surface area contributed by atoms with Gasteiger partial charge in [0.2, 0.25) is 5.88 Å². The lowest BCUT2D eigenvalue weighted by molar-refractivity contribution is 0.430. The number of aromatic nitrogens is 1. The monoisotopic (exact) mass is 301 g/mol. The number of benzene rings is 1. The van der Waals surface area contributed by atoms with Gasteiger partial charge in [-0.05, 0) is 32.0 Å². The van der Waals surface area contributed by atoms with Crippen LogP contribution in [0.3, 0.4) is 0 Å². The molecule has 0 aliphatic heterocycles. The Hall–Kier alpha value is -1.73. The van der Waals surface area contributed by atoms with Gasteiger partial charge < -0.3 is 10.3 Å². The lowest BCUT2D eigenvalue weighted by atomic mass is 10.3. The number of nitrogens with two attached hydrogens (primary N) is 1. The van der Waals surface area contributed by atoms with Gasteiger partial charge in [0.1, 0.15) is 0 Å². The zero-order valence-corrected chi connectivity index (χ0v) is 11.8. The second-order valence-corrected chi connectivity index (χ2v) is 6.10. The van der Waals surface area contributed by atoms with Gasteiger partial charge in [-0.2, -0.15) is 0 Å². The fourth-order valence-electron chi connectivity index (χ4n) is 1.38. The van der Waals surface area contributed by atoms with Crippen molar-refractivity contribution in [2.75, 3.05) is 10.5 Å². The first kappa shape index (κ1) is 13.7. The molecule has 1 aromatic heterocycles. The third-order valence-electron chi connectivity index (χ3n) is 2.66. The van der Waals surface area contributed by atoms with E-state index >= 15 is 0 Å². The Morgan fingerprint density at radius 2 is 2.05 bits per heavy atom. The number of hydrogen-bond donors (Lipinski definition) is 2. The molecule has 0 unspecified atom stereocenters. The number of nitrogens with one attached hydrogen (secondary N) is 1. The van der Waals surface area contributed by atoms with Crippen molar-refractivity contribution < 1.29 is 12.9 Å². The van der Waals surface area contributed by atoms with E-state index in [1.165, 1.54) is 18.2 Å². The summed E-state index contributed by atoms with van der Waals surface area (Å²) in [5.74, 6) is 0.0889. The van der Waals surface area contributed by atoms with Gasteiger partial charge in [-0.3, -0.25) is 0 Å². The molecule has 0 saturated heterocycles. The first-order valence-corrected chi connectivity index (χ1v) is 7.18. The standard InChI is InChI=1S/C11H12ClN3O3S/c1-6-7(2)14-18-11(6)15-19(16,17)8-3-4-9(12)10(13)5-8/h3-5,15H,13H2,1-2H3. The fraction of sp³-hybridized carbons (Fsp3) is 0.182. The van der Waals surface area contributed by atoms with Crippen molar-refractivity contribution in [1.82, 2.24) is 5.16 Å². The molecule has 0 bridgehead atoms. The first-order valence-electron chi connectivity index (χ1n) is 5.32. The van der Waals surface area contributed by atoms with Gasteiger partial charge in [-0.15, -0.1) is 0 Å². The number of halogens is 1. The number of anilines is 2. The highest BCUT2D eigenvalue weighted by atomic mass is 35.5. The van der Waals surface area contributed by atoms with E-state index in [1.807, 2.05) is 0 Å². The maximum absolute atomic E-state index is 12.1. The predicted molar refractivity (Wildman–Crippen MR) is 72.6 cm³/mol. The van der Waals surface area contributed by atoms with E-state index < -0.39 is 10.0 Å². The van der Waals surface area contributed by atoms with E-state index in [9.17, 15) is 8.42 Å². The van der Waals surface area contributed by atoms with Crippen LogP contribution in [0.2, 0.25) is 5.02 Å². The summed E-state index contributed by atoms with van der Waals surface area (Å²) in [7, 11) is -3.78. The predicted octanol–water partition coefficient (Wildman–Crippen LogP) is 2.33. The van der Waals surface area contributed by atoms with Crippen LogP contribution in [0.4, 0.5) is 11.6 Å². The maximum Gasteiger partial charge on any atom is 0.264 e. The quantitative estimate of drug-likeness (QED) is 0.848. The van der Waals surface area contributed by atoms with Gasteiger partial charge in [0.25, 0.3) is 10.0 Å². The van der Waals surface area contributed by atoms with Crippen LogP contribution in [-0.2, 0) is 10.0 Å². The topological polar surface area (TPSA) is 98.2 Å². The summed E-state index contributed by atoms with van der Waals surface area (Å²) in [6, 6.07) is 4.06. The van der Waals surface area contributed by atoms with Gasteiger partial charge in [-0.1, -0.05) is 16.8 Å². The highest BCUT2D eigenvalue weighted by Gasteiger charge is 2.19. The third kappa shape index (κ3) is 2.66. The summed E-state index contributed by atoms with van der Waals surface area (Å²) in [6.07, 6.45) is 0. The van der Waals surface area contributed by atoms with Crippen LogP contribution in [0.5, 0.6) is 0 Å². The van der Waals surface area contributed by atoms with Crippen molar-refractivity contribution >= 4 is 33.2 Å². The average Bonchev–Trinajstić information content (AvgIpc) is 2.64. The Balaban J connectivity index is 2.37. The zero-order valence-electron chi connectivity index (χ0n) is 10.3. The molecule has 2 rings (SSSR count). The number of hydrogen-bond acceptors (Lipinski definition) is 5. The van der Waals surface area contributed by atoms with E-state index in [4.69, 9.17) is 21.9 Å². The van der Waals surface area contributed by atoms with Crippen LogP contribution in [-0.4, -0.2) is 13.6 Å². The van der Waals surface area contributed by atoms with Crippen LogP contribution < -0.4 is 10.5 Å². The second-order valence-electron chi connectivity index (χ2n) is 4.01. The molecule has 0 saturated carbocycles. The molecule has 0 fully saturated rings. The molecule has 0 radical (unpaired) electrons. The summed E-state index contributed by atoms with van der Waals surface area (Å²) < 4.78 is 31.5. The summed E-state index contributed by atoms with van der Waals surface area (Å²) in [5.41, 5.74) is 7.02. The van der Waals surface area contributed by atoms with Crippen molar-refractivity contribution in [1.29, 1.82) is 0 Å². The van der Waals surface area contributed by atoms with Crippen molar-refractivity contribution in [2.24, 2.45) is 0 Å². The number of nitrogens with zero attached hydrogens (tertiary/aromatic N) is 1. The number of rotatable bonds is 3. The van der Waals surface area contributed by atoms with Gasteiger partial charge in [-0.25, -0.2) is 13.1 Å². The van der Waals surface area contributed by atoms with E-state index in [1.54, 1.807) is 13.8 Å². The molecule has 1 aromatic carbocycles.